The lowest BCUT2D eigenvalue weighted by atomic mass is 9.62. The fourth-order valence-electron chi connectivity index (χ4n) is 5.75. The molecule has 0 N–H and O–H groups in total. The second-order valence-electron chi connectivity index (χ2n) is 11.2. The predicted octanol–water partition coefficient (Wildman–Crippen LogP) is 6.30. The van der Waals surface area contributed by atoms with Crippen molar-refractivity contribution in [1.82, 2.24) is 9.80 Å². The Morgan fingerprint density at radius 2 is 1.82 bits per heavy atom. The Balaban J connectivity index is 1.63. The smallest absolute Gasteiger partial charge is 0.410 e. The molecule has 3 rings (SSSR count). The topological polar surface area (TPSA) is 49.9 Å². The lowest BCUT2D eigenvalue weighted by Gasteiger charge is -2.47. The fourth-order valence-corrected chi connectivity index (χ4v) is 5.75. The van der Waals surface area contributed by atoms with E-state index in [9.17, 15) is 14.0 Å². The van der Waals surface area contributed by atoms with Gasteiger partial charge in [0.2, 0.25) is 5.91 Å². The Labute approximate surface area is 205 Å². The number of nitrogens with zero attached hydrogens (tertiary/aromatic N) is 2. The van der Waals surface area contributed by atoms with Crippen LogP contribution < -0.4 is 0 Å². The van der Waals surface area contributed by atoms with Gasteiger partial charge in [0, 0.05) is 32.6 Å². The van der Waals surface area contributed by atoms with Crippen molar-refractivity contribution in [2.45, 2.75) is 97.5 Å². The van der Waals surface area contributed by atoms with E-state index in [0.29, 0.717) is 25.4 Å². The molecule has 1 spiro atoms. The van der Waals surface area contributed by atoms with Crippen molar-refractivity contribution >= 4 is 12.0 Å². The molecule has 2 aliphatic rings. The van der Waals surface area contributed by atoms with Crippen LogP contribution in [0.4, 0.5) is 9.18 Å². The third-order valence-corrected chi connectivity index (χ3v) is 7.58. The van der Waals surface area contributed by atoms with Gasteiger partial charge in [-0.25, -0.2) is 9.18 Å². The van der Waals surface area contributed by atoms with Gasteiger partial charge in [-0.2, -0.15) is 0 Å². The molecule has 1 atom stereocenters. The highest BCUT2D eigenvalue weighted by atomic mass is 19.1. The first-order valence-electron chi connectivity index (χ1n) is 13.1. The van der Waals surface area contributed by atoms with Crippen molar-refractivity contribution < 1.29 is 18.7 Å². The normalized spacial score (nSPS) is 19.6. The minimum atomic E-state index is -0.488. The van der Waals surface area contributed by atoms with E-state index in [1.807, 2.05) is 50.5 Å². The molecule has 34 heavy (non-hydrogen) atoms. The Bertz CT molecular complexity index is 852. The minimum Gasteiger partial charge on any atom is -0.444 e. The zero-order chi connectivity index (χ0) is 24.9. The van der Waals surface area contributed by atoms with Gasteiger partial charge in [0.15, 0.2) is 0 Å². The number of amides is 2. The van der Waals surface area contributed by atoms with E-state index >= 15 is 0 Å². The van der Waals surface area contributed by atoms with E-state index in [-0.39, 0.29) is 23.2 Å². The number of rotatable bonds is 7. The number of hydrogen-bond acceptors (Lipinski definition) is 3. The van der Waals surface area contributed by atoms with Gasteiger partial charge in [0.25, 0.3) is 0 Å². The maximum Gasteiger partial charge on any atom is 0.410 e. The number of halogens is 1. The molecular formula is C28H43FN2O3. The summed E-state index contributed by atoms with van der Waals surface area (Å²) in [5, 5.41) is 0. The second kappa shape index (κ2) is 11.1. The Hall–Kier alpha value is -2.11. The monoisotopic (exact) mass is 474 g/mol. The average molecular weight is 475 g/mol. The van der Waals surface area contributed by atoms with Crippen LogP contribution >= 0.6 is 0 Å². The number of unbranched alkanes of at least 4 members (excludes halogenated alkanes) is 1. The molecule has 0 bridgehead atoms. The zero-order valence-corrected chi connectivity index (χ0v) is 21.8. The summed E-state index contributed by atoms with van der Waals surface area (Å²) in [6.45, 7) is 12.6. The van der Waals surface area contributed by atoms with E-state index in [2.05, 4.69) is 0 Å². The van der Waals surface area contributed by atoms with Crippen LogP contribution in [0.15, 0.2) is 18.2 Å². The van der Waals surface area contributed by atoms with Crippen molar-refractivity contribution in [2.24, 2.45) is 5.41 Å². The van der Waals surface area contributed by atoms with Gasteiger partial charge in [-0.3, -0.25) is 4.79 Å². The number of fused-ring (bicyclic) bond motifs is 1. The van der Waals surface area contributed by atoms with Gasteiger partial charge < -0.3 is 14.5 Å². The number of carbonyl (C=O) groups excluding carboxylic acids is 2. The van der Waals surface area contributed by atoms with E-state index in [4.69, 9.17) is 4.74 Å². The molecular weight excluding hydrogens is 431 g/mol. The molecule has 1 aromatic rings. The van der Waals surface area contributed by atoms with Gasteiger partial charge in [-0.15, -0.1) is 0 Å². The van der Waals surface area contributed by atoms with Crippen molar-refractivity contribution in [3.05, 3.63) is 35.1 Å². The highest BCUT2D eigenvalue weighted by Gasteiger charge is 2.42. The third kappa shape index (κ3) is 6.73. The standard InChI is InChI=1S/C28H43FN2O3/c1-6-30(7-2)25(32)11-9-8-10-21-19-28(20-22-12-13-23(29)18-24(21)22)14-16-31(17-15-28)26(33)34-27(3,4)5/h12-13,18,21H,6-11,14-17,19-20H2,1-5H3. The van der Waals surface area contributed by atoms with E-state index < -0.39 is 5.60 Å². The largest absolute Gasteiger partial charge is 0.444 e. The molecule has 1 unspecified atom stereocenters. The number of benzene rings is 1. The van der Waals surface area contributed by atoms with E-state index in [1.54, 1.807) is 12.1 Å². The molecule has 0 saturated carbocycles. The molecule has 1 aliphatic heterocycles. The highest BCUT2D eigenvalue weighted by molar-refractivity contribution is 5.76. The summed E-state index contributed by atoms with van der Waals surface area (Å²) in [6.07, 6.45) is 7.02. The second-order valence-corrected chi connectivity index (χ2v) is 11.2. The van der Waals surface area contributed by atoms with Gasteiger partial charge in [-0.1, -0.05) is 12.5 Å². The van der Waals surface area contributed by atoms with Crippen LogP contribution in [-0.2, 0) is 16.0 Å². The number of piperidine rings is 1. The fraction of sp³-hybridized carbons (Fsp3) is 0.714. The summed E-state index contributed by atoms with van der Waals surface area (Å²) in [4.78, 5) is 28.6. The summed E-state index contributed by atoms with van der Waals surface area (Å²) < 4.78 is 19.7. The quantitative estimate of drug-likeness (QED) is 0.436. The highest BCUT2D eigenvalue weighted by Crippen LogP contribution is 2.50. The number of hydrogen-bond donors (Lipinski definition) is 0. The Morgan fingerprint density at radius 3 is 2.44 bits per heavy atom. The minimum absolute atomic E-state index is 0.144. The summed E-state index contributed by atoms with van der Waals surface area (Å²) in [6, 6.07) is 5.26. The Morgan fingerprint density at radius 1 is 1.15 bits per heavy atom. The molecule has 0 radical (unpaired) electrons. The number of carbonyl (C=O) groups is 2. The summed E-state index contributed by atoms with van der Waals surface area (Å²) in [5.74, 6) is 0.360. The first-order valence-corrected chi connectivity index (χ1v) is 13.1. The van der Waals surface area contributed by atoms with Crippen LogP contribution in [-0.4, -0.2) is 53.6 Å². The molecule has 190 valence electrons. The molecule has 6 heteroatoms. The van der Waals surface area contributed by atoms with Gasteiger partial charge in [0.05, 0.1) is 0 Å². The first-order chi connectivity index (χ1) is 16.1. The van der Waals surface area contributed by atoms with E-state index in [0.717, 1.165) is 63.6 Å². The Kier molecular flexibility index (Phi) is 8.64. The van der Waals surface area contributed by atoms with Crippen molar-refractivity contribution in [3.63, 3.8) is 0 Å². The maximum absolute atomic E-state index is 14.1. The van der Waals surface area contributed by atoms with Crippen molar-refractivity contribution in [2.75, 3.05) is 26.2 Å². The van der Waals surface area contributed by atoms with E-state index in [1.165, 1.54) is 5.56 Å². The lowest BCUT2D eigenvalue weighted by molar-refractivity contribution is -0.130. The van der Waals surface area contributed by atoms with Gasteiger partial charge in [-0.05, 0) is 108 Å². The van der Waals surface area contributed by atoms with Crippen LogP contribution in [0.3, 0.4) is 0 Å². The van der Waals surface area contributed by atoms with Crippen molar-refractivity contribution in [1.29, 1.82) is 0 Å². The SMILES string of the molecule is CCN(CC)C(=O)CCCCC1CC2(CCN(C(=O)OC(C)(C)C)CC2)Cc2ccc(F)cc21. The van der Waals surface area contributed by atoms with Crippen LogP contribution in [0.5, 0.6) is 0 Å². The molecule has 1 saturated heterocycles. The lowest BCUT2D eigenvalue weighted by Crippen LogP contribution is -2.47. The molecule has 1 aliphatic carbocycles. The summed E-state index contributed by atoms with van der Waals surface area (Å²) >= 11 is 0. The van der Waals surface area contributed by atoms with Crippen LogP contribution in [0.25, 0.3) is 0 Å². The third-order valence-electron chi connectivity index (χ3n) is 7.58. The number of ether oxygens (including phenoxy) is 1. The summed E-state index contributed by atoms with van der Waals surface area (Å²) in [7, 11) is 0. The summed E-state index contributed by atoms with van der Waals surface area (Å²) in [5.41, 5.74) is 2.06. The van der Waals surface area contributed by atoms with Gasteiger partial charge >= 0.3 is 6.09 Å². The predicted molar refractivity (Wildman–Crippen MR) is 133 cm³/mol. The van der Waals surface area contributed by atoms with Crippen LogP contribution in [0.2, 0.25) is 0 Å². The molecule has 1 heterocycles. The van der Waals surface area contributed by atoms with Crippen LogP contribution in [0.1, 0.15) is 96.6 Å². The molecule has 0 aromatic heterocycles. The van der Waals surface area contributed by atoms with Gasteiger partial charge in [0.1, 0.15) is 11.4 Å². The number of likely N-dealkylation sites (tertiary alicyclic amines) is 1. The molecule has 2 amide bonds. The first kappa shape index (κ1) is 26.5. The zero-order valence-electron chi connectivity index (χ0n) is 21.8. The molecule has 1 fully saturated rings. The van der Waals surface area contributed by atoms with Crippen molar-refractivity contribution in [3.8, 4) is 0 Å². The molecule has 5 nitrogen and oxygen atoms in total. The van der Waals surface area contributed by atoms with Crippen LogP contribution in [0, 0.1) is 11.2 Å². The maximum atomic E-state index is 14.1. The molecule has 1 aromatic carbocycles. The average Bonchev–Trinajstić information content (AvgIpc) is 2.77.